The van der Waals surface area contributed by atoms with Gasteiger partial charge in [-0.2, -0.15) is 0 Å². The van der Waals surface area contributed by atoms with Gasteiger partial charge < -0.3 is 20.4 Å². The third-order valence-corrected chi connectivity index (χ3v) is 4.27. The van der Waals surface area contributed by atoms with Crippen molar-refractivity contribution < 1.29 is 25.2 Å². The van der Waals surface area contributed by atoms with Crippen molar-refractivity contribution in [3.05, 3.63) is 37.0 Å². The molecule has 0 unspecified atom stereocenters. The molecule has 5 atom stereocenters. The van der Waals surface area contributed by atoms with Crippen LogP contribution in [0.4, 0.5) is 0 Å². The summed E-state index contributed by atoms with van der Waals surface area (Å²) in [6.07, 6.45) is -0.414. The molecular formula is C15H22O5. The van der Waals surface area contributed by atoms with Crippen molar-refractivity contribution in [2.45, 2.75) is 25.6 Å². The largest absolute Gasteiger partial charge is 0.478 e. The SMILES string of the molecule is C=C[C@@]1(C)C[C@@H](O)[C@@H](C(=C)C(=O)O)[C@@H](O)[C@@H]1C(=C)CO. The molecule has 5 nitrogen and oxygen atoms in total. The highest BCUT2D eigenvalue weighted by atomic mass is 16.4. The van der Waals surface area contributed by atoms with Crippen molar-refractivity contribution in [2.24, 2.45) is 17.3 Å². The molecule has 0 heterocycles. The van der Waals surface area contributed by atoms with E-state index in [1.54, 1.807) is 13.0 Å². The Kier molecular flexibility index (Phi) is 4.91. The lowest BCUT2D eigenvalue weighted by Crippen LogP contribution is -2.53. The first-order chi connectivity index (χ1) is 9.19. The Morgan fingerprint density at radius 1 is 1.40 bits per heavy atom. The monoisotopic (exact) mass is 282 g/mol. The molecule has 0 radical (unpaired) electrons. The van der Waals surface area contributed by atoms with Gasteiger partial charge in [0, 0.05) is 17.4 Å². The highest BCUT2D eigenvalue weighted by Gasteiger charge is 2.51. The van der Waals surface area contributed by atoms with Gasteiger partial charge in [-0.15, -0.1) is 6.58 Å². The summed E-state index contributed by atoms with van der Waals surface area (Å²) in [7, 11) is 0. The summed E-state index contributed by atoms with van der Waals surface area (Å²) in [6.45, 7) is 12.3. The fourth-order valence-electron chi connectivity index (χ4n) is 3.13. The number of aliphatic hydroxyl groups is 3. The molecule has 0 aromatic carbocycles. The third-order valence-electron chi connectivity index (χ3n) is 4.27. The predicted octanol–water partition coefficient (Wildman–Crippen LogP) is 0.726. The maximum Gasteiger partial charge on any atom is 0.331 e. The summed E-state index contributed by atoms with van der Waals surface area (Å²) in [5.74, 6) is -2.84. The van der Waals surface area contributed by atoms with Gasteiger partial charge in [-0.25, -0.2) is 4.79 Å². The molecular weight excluding hydrogens is 260 g/mol. The number of carbonyl (C=O) groups is 1. The minimum absolute atomic E-state index is 0.216. The highest BCUT2D eigenvalue weighted by Crippen LogP contribution is 2.49. The minimum atomic E-state index is -1.26. The van der Waals surface area contributed by atoms with Gasteiger partial charge in [-0.1, -0.05) is 26.2 Å². The smallest absolute Gasteiger partial charge is 0.331 e. The molecule has 0 spiro atoms. The molecule has 5 heteroatoms. The molecule has 1 saturated carbocycles. The molecule has 1 fully saturated rings. The quantitative estimate of drug-likeness (QED) is 0.440. The van der Waals surface area contributed by atoms with Gasteiger partial charge in [-0.3, -0.25) is 0 Å². The summed E-state index contributed by atoms with van der Waals surface area (Å²) < 4.78 is 0. The fourth-order valence-corrected chi connectivity index (χ4v) is 3.13. The van der Waals surface area contributed by atoms with Crippen LogP contribution < -0.4 is 0 Å². The van der Waals surface area contributed by atoms with Gasteiger partial charge in [0.25, 0.3) is 0 Å². The molecule has 4 N–H and O–H groups in total. The summed E-state index contributed by atoms with van der Waals surface area (Å²) in [5.41, 5.74) is -0.532. The number of hydrogen-bond acceptors (Lipinski definition) is 4. The Labute approximate surface area is 118 Å². The standard InChI is InChI=1S/C15H22O5/c1-5-15(4)6-10(17)11(9(3)14(19)20)13(18)12(15)8(2)7-16/h5,10-13,16-18H,1-3,6-7H2,4H3,(H,19,20)/t10-,11-,12+,13-,15+/m1/s1. The zero-order valence-electron chi connectivity index (χ0n) is 11.6. The Morgan fingerprint density at radius 2 is 1.95 bits per heavy atom. The van der Waals surface area contributed by atoms with Gasteiger partial charge >= 0.3 is 5.97 Å². The number of carboxylic acid groups (broad SMARTS) is 1. The van der Waals surface area contributed by atoms with Crippen LogP contribution in [0.15, 0.2) is 37.0 Å². The topological polar surface area (TPSA) is 98.0 Å². The average molecular weight is 282 g/mol. The summed E-state index contributed by atoms with van der Waals surface area (Å²) in [6, 6.07) is 0. The van der Waals surface area contributed by atoms with E-state index < -0.39 is 35.4 Å². The number of carboxylic acids is 1. The van der Waals surface area contributed by atoms with Crippen molar-refractivity contribution in [1.29, 1.82) is 0 Å². The van der Waals surface area contributed by atoms with Crippen LogP contribution >= 0.6 is 0 Å². The van der Waals surface area contributed by atoms with Crippen molar-refractivity contribution in [3.63, 3.8) is 0 Å². The number of allylic oxidation sites excluding steroid dienone is 1. The second-order valence-electron chi connectivity index (χ2n) is 5.62. The van der Waals surface area contributed by atoms with Crippen LogP contribution in [0.2, 0.25) is 0 Å². The molecule has 0 amide bonds. The lowest BCUT2D eigenvalue weighted by molar-refractivity contribution is -0.137. The Balaban J connectivity index is 3.24. The van der Waals surface area contributed by atoms with Gasteiger partial charge in [0.1, 0.15) is 0 Å². The van der Waals surface area contributed by atoms with E-state index in [0.29, 0.717) is 5.57 Å². The predicted molar refractivity (Wildman–Crippen MR) is 74.9 cm³/mol. The zero-order chi connectivity index (χ0) is 15.7. The first-order valence-corrected chi connectivity index (χ1v) is 6.40. The van der Waals surface area contributed by atoms with E-state index in [1.165, 1.54) is 0 Å². The van der Waals surface area contributed by atoms with Gasteiger partial charge in [0.05, 0.1) is 18.8 Å². The second-order valence-corrected chi connectivity index (χ2v) is 5.62. The first kappa shape index (κ1) is 16.6. The van der Waals surface area contributed by atoms with Crippen molar-refractivity contribution in [2.75, 3.05) is 6.61 Å². The molecule has 112 valence electrons. The molecule has 1 aliphatic rings. The van der Waals surface area contributed by atoms with E-state index in [0.717, 1.165) is 0 Å². The Hall–Kier alpha value is -1.43. The maximum absolute atomic E-state index is 11.1. The lowest BCUT2D eigenvalue weighted by Gasteiger charge is -2.49. The van der Waals surface area contributed by atoms with Gasteiger partial charge in [0.15, 0.2) is 0 Å². The first-order valence-electron chi connectivity index (χ1n) is 6.40. The number of hydrogen-bond donors (Lipinski definition) is 4. The van der Waals surface area contributed by atoms with Crippen LogP contribution in [0.1, 0.15) is 13.3 Å². The number of aliphatic hydroxyl groups excluding tert-OH is 3. The zero-order valence-corrected chi connectivity index (χ0v) is 11.6. The van der Waals surface area contributed by atoms with Crippen molar-refractivity contribution >= 4 is 5.97 Å². The highest BCUT2D eigenvalue weighted by molar-refractivity contribution is 5.86. The van der Waals surface area contributed by atoms with Gasteiger partial charge in [-0.05, 0) is 17.4 Å². The molecule has 0 aromatic heterocycles. The Morgan fingerprint density at radius 3 is 2.35 bits per heavy atom. The van der Waals surface area contributed by atoms with E-state index in [1.807, 2.05) is 0 Å². The van der Waals surface area contributed by atoms with Crippen LogP contribution in [-0.2, 0) is 4.79 Å². The number of aliphatic carboxylic acids is 1. The molecule has 0 aliphatic heterocycles. The normalized spacial score (nSPS) is 37.2. The van der Waals surface area contributed by atoms with Crippen LogP contribution in [0.5, 0.6) is 0 Å². The fraction of sp³-hybridized carbons (Fsp3) is 0.533. The van der Waals surface area contributed by atoms with E-state index >= 15 is 0 Å². The summed E-state index contributed by atoms with van der Waals surface area (Å²) in [4.78, 5) is 11.1. The second kappa shape index (κ2) is 5.91. The van der Waals surface area contributed by atoms with E-state index in [2.05, 4.69) is 19.7 Å². The minimum Gasteiger partial charge on any atom is -0.478 e. The van der Waals surface area contributed by atoms with Gasteiger partial charge in [0.2, 0.25) is 0 Å². The number of rotatable bonds is 5. The summed E-state index contributed by atoms with van der Waals surface area (Å²) in [5, 5.41) is 39.0. The Bertz CT molecular complexity index is 442. The molecule has 20 heavy (non-hydrogen) atoms. The van der Waals surface area contributed by atoms with E-state index in [9.17, 15) is 20.1 Å². The van der Waals surface area contributed by atoms with E-state index in [4.69, 9.17) is 5.11 Å². The van der Waals surface area contributed by atoms with Crippen molar-refractivity contribution in [3.8, 4) is 0 Å². The van der Waals surface area contributed by atoms with Crippen LogP contribution in [0, 0.1) is 17.3 Å². The molecule has 1 rings (SSSR count). The van der Waals surface area contributed by atoms with Crippen LogP contribution in [0.3, 0.4) is 0 Å². The maximum atomic E-state index is 11.1. The molecule has 0 aromatic rings. The summed E-state index contributed by atoms with van der Waals surface area (Å²) >= 11 is 0. The van der Waals surface area contributed by atoms with Crippen LogP contribution in [-0.4, -0.2) is 45.2 Å². The third kappa shape index (κ3) is 2.70. The van der Waals surface area contributed by atoms with Crippen LogP contribution in [0.25, 0.3) is 0 Å². The molecule has 1 aliphatic carbocycles. The molecule has 0 saturated heterocycles. The molecule has 0 bridgehead atoms. The average Bonchev–Trinajstić information content (AvgIpc) is 2.37. The van der Waals surface area contributed by atoms with E-state index in [-0.39, 0.29) is 18.6 Å². The van der Waals surface area contributed by atoms with Crippen molar-refractivity contribution in [1.82, 2.24) is 0 Å². The lowest BCUT2D eigenvalue weighted by atomic mass is 9.58.